The topological polar surface area (TPSA) is 0 Å². The molecule has 4 atom stereocenters. The first kappa shape index (κ1) is 5.17. The van der Waals surface area contributed by atoms with Gasteiger partial charge in [0.2, 0.25) is 0 Å². The highest BCUT2D eigenvalue weighted by atomic mass is 14.4. The third-order valence-electron chi connectivity index (χ3n) is 3.38. The Bertz CT molecular complexity index is 212. The van der Waals surface area contributed by atoms with Gasteiger partial charge in [-0.25, -0.2) is 0 Å². The van der Waals surface area contributed by atoms with E-state index in [9.17, 15) is 0 Å². The smallest absolute Gasteiger partial charge is 0.00192 e. The van der Waals surface area contributed by atoms with Crippen molar-refractivity contribution in [3.05, 3.63) is 24.3 Å². The molecule has 0 spiro atoms. The van der Waals surface area contributed by atoms with Crippen molar-refractivity contribution in [3.63, 3.8) is 0 Å². The second kappa shape index (κ2) is 1.55. The zero-order valence-corrected chi connectivity index (χ0v) is 6.03. The molecule has 1 saturated carbocycles. The maximum absolute atomic E-state index is 2.44. The number of hydrogen-bond acceptors (Lipinski definition) is 0. The van der Waals surface area contributed by atoms with Gasteiger partial charge in [-0.3, -0.25) is 0 Å². The molecule has 0 aromatic carbocycles. The van der Waals surface area contributed by atoms with Crippen molar-refractivity contribution < 1.29 is 0 Å². The second-order valence-electron chi connectivity index (χ2n) is 3.91. The molecule has 0 unspecified atom stereocenters. The van der Waals surface area contributed by atoms with Crippen molar-refractivity contribution in [2.24, 2.45) is 23.7 Å². The average Bonchev–Trinajstić information content (AvgIpc) is 2.38. The number of allylic oxidation sites excluding steroid dienone is 4. The molecule has 0 aromatic rings. The molecule has 0 saturated heterocycles. The van der Waals surface area contributed by atoms with Gasteiger partial charge in [-0.1, -0.05) is 24.3 Å². The van der Waals surface area contributed by atoms with E-state index in [1.807, 2.05) is 0 Å². The van der Waals surface area contributed by atoms with Gasteiger partial charge in [0.15, 0.2) is 0 Å². The Kier molecular flexibility index (Phi) is 0.803. The summed E-state index contributed by atoms with van der Waals surface area (Å²) in [6.45, 7) is 0. The maximum atomic E-state index is 2.44. The van der Waals surface area contributed by atoms with Crippen LogP contribution in [0.4, 0.5) is 0 Å². The summed E-state index contributed by atoms with van der Waals surface area (Å²) in [5.74, 6) is 3.72. The van der Waals surface area contributed by atoms with Gasteiger partial charge in [0.05, 0.1) is 0 Å². The second-order valence-corrected chi connectivity index (χ2v) is 3.91. The fourth-order valence-electron chi connectivity index (χ4n) is 2.87. The molecule has 1 fully saturated rings. The molecule has 0 heterocycles. The van der Waals surface area contributed by atoms with Crippen molar-refractivity contribution in [2.75, 3.05) is 0 Å². The highest BCUT2D eigenvalue weighted by Gasteiger charge is 2.40. The summed E-state index contributed by atoms with van der Waals surface area (Å²) in [7, 11) is 0. The average molecular weight is 132 g/mol. The lowest BCUT2D eigenvalue weighted by atomic mass is 9.87. The molecule has 3 aliphatic rings. The summed E-state index contributed by atoms with van der Waals surface area (Å²) in [5.41, 5.74) is 0. The number of rotatable bonds is 0. The van der Waals surface area contributed by atoms with Gasteiger partial charge in [0.1, 0.15) is 0 Å². The molecule has 0 heteroatoms. The highest BCUT2D eigenvalue weighted by molar-refractivity contribution is 5.21. The Morgan fingerprint density at radius 1 is 0.900 bits per heavy atom. The zero-order chi connectivity index (χ0) is 6.55. The van der Waals surface area contributed by atoms with Crippen LogP contribution in [0.3, 0.4) is 0 Å². The predicted molar refractivity (Wildman–Crippen MR) is 41.5 cm³/mol. The van der Waals surface area contributed by atoms with Gasteiger partial charge in [0, 0.05) is 0 Å². The first-order valence-electron chi connectivity index (χ1n) is 4.30. The third kappa shape index (κ3) is 0.484. The molecular weight excluding hydrogens is 120 g/mol. The van der Waals surface area contributed by atoms with E-state index in [4.69, 9.17) is 0 Å². The normalized spacial score (nSPS) is 54.4. The van der Waals surface area contributed by atoms with E-state index in [0.717, 1.165) is 23.7 Å². The maximum Gasteiger partial charge on any atom is -0.00192 e. The Balaban J connectivity index is 2.10. The van der Waals surface area contributed by atoms with Gasteiger partial charge in [-0.05, 0) is 36.5 Å². The van der Waals surface area contributed by atoms with Crippen LogP contribution in [0.25, 0.3) is 0 Å². The lowest BCUT2D eigenvalue weighted by Gasteiger charge is -2.18. The molecule has 0 aliphatic heterocycles. The molecule has 0 aromatic heterocycles. The van der Waals surface area contributed by atoms with Crippen molar-refractivity contribution in [1.29, 1.82) is 0 Å². The predicted octanol–water partition coefficient (Wildman–Crippen LogP) is 2.38. The standard InChI is InChI=1S/C10H12/c1-2-8-3-4-9-5-7(1)6-10(8)9/h1-4,7-10H,5-6H2/t7-,8+,9+,10+/m1/s1. The van der Waals surface area contributed by atoms with Gasteiger partial charge in [-0.15, -0.1) is 0 Å². The van der Waals surface area contributed by atoms with Crippen molar-refractivity contribution in [2.45, 2.75) is 12.8 Å². The van der Waals surface area contributed by atoms with Gasteiger partial charge in [-0.2, -0.15) is 0 Å². The summed E-state index contributed by atoms with van der Waals surface area (Å²) < 4.78 is 0. The molecule has 52 valence electrons. The largest absolute Gasteiger partial charge is 0.0848 e. The SMILES string of the molecule is C1=C[C@H]2C=C[C@H]3C[C@@H]1C[C@@H]23. The quantitative estimate of drug-likeness (QED) is 0.444. The summed E-state index contributed by atoms with van der Waals surface area (Å²) in [6, 6.07) is 0. The number of hydrogen-bond donors (Lipinski definition) is 0. The van der Waals surface area contributed by atoms with E-state index in [1.54, 1.807) is 0 Å². The van der Waals surface area contributed by atoms with Crippen LogP contribution >= 0.6 is 0 Å². The number of fused-ring (bicyclic) bond motifs is 1. The van der Waals surface area contributed by atoms with Crippen LogP contribution < -0.4 is 0 Å². The van der Waals surface area contributed by atoms with Crippen LogP contribution in [-0.4, -0.2) is 0 Å². The van der Waals surface area contributed by atoms with Crippen LogP contribution in [0.2, 0.25) is 0 Å². The first-order valence-corrected chi connectivity index (χ1v) is 4.30. The fourth-order valence-corrected chi connectivity index (χ4v) is 2.87. The van der Waals surface area contributed by atoms with Crippen LogP contribution in [0.1, 0.15) is 12.8 Å². The molecule has 3 rings (SSSR count). The summed E-state index contributed by atoms with van der Waals surface area (Å²) >= 11 is 0. The van der Waals surface area contributed by atoms with E-state index in [1.165, 1.54) is 12.8 Å². The molecule has 2 bridgehead atoms. The monoisotopic (exact) mass is 132 g/mol. The summed E-state index contributed by atoms with van der Waals surface area (Å²) in [4.78, 5) is 0. The van der Waals surface area contributed by atoms with Crippen molar-refractivity contribution in [1.82, 2.24) is 0 Å². The van der Waals surface area contributed by atoms with E-state index in [2.05, 4.69) is 24.3 Å². The van der Waals surface area contributed by atoms with Crippen LogP contribution in [0.5, 0.6) is 0 Å². The minimum Gasteiger partial charge on any atom is -0.0848 e. The van der Waals surface area contributed by atoms with E-state index >= 15 is 0 Å². The third-order valence-corrected chi connectivity index (χ3v) is 3.38. The molecule has 0 N–H and O–H groups in total. The minimum atomic E-state index is 0.823. The van der Waals surface area contributed by atoms with Crippen molar-refractivity contribution in [3.8, 4) is 0 Å². The molecule has 0 nitrogen and oxygen atoms in total. The van der Waals surface area contributed by atoms with Gasteiger partial charge >= 0.3 is 0 Å². The van der Waals surface area contributed by atoms with Crippen LogP contribution in [0, 0.1) is 23.7 Å². The van der Waals surface area contributed by atoms with Gasteiger partial charge in [0.25, 0.3) is 0 Å². The fraction of sp³-hybridized carbons (Fsp3) is 0.600. The van der Waals surface area contributed by atoms with Crippen molar-refractivity contribution >= 4 is 0 Å². The molecular formula is C10H12. The Morgan fingerprint density at radius 3 is 2.80 bits per heavy atom. The first-order chi connectivity index (χ1) is 4.93. The van der Waals surface area contributed by atoms with E-state index in [0.29, 0.717) is 0 Å². The Morgan fingerprint density at radius 2 is 1.80 bits per heavy atom. The summed E-state index contributed by atoms with van der Waals surface area (Å²) in [5, 5.41) is 0. The minimum absolute atomic E-state index is 0.823. The lowest BCUT2D eigenvalue weighted by molar-refractivity contribution is 0.417. The van der Waals surface area contributed by atoms with E-state index < -0.39 is 0 Å². The van der Waals surface area contributed by atoms with Crippen LogP contribution in [0.15, 0.2) is 24.3 Å². The molecule has 3 aliphatic carbocycles. The Labute approximate surface area is 61.6 Å². The van der Waals surface area contributed by atoms with Gasteiger partial charge < -0.3 is 0 Å². The Hall–Kier alpha value is -0.520. The zero-order valence-electron chi connectivity index (χ0n) is 6.03. The van der Waals surface area contributed by atoms with Crippen LogP contribution in [-0.2, 0) is 0 Å². The lowest BCUT2D eigenvalue weighted by Crippen LogP contribution is -2.10. The van der Waals surface area contributed by atoms with E-state index in [-0.39, 0.29) is 0 Å². The molecule has 0 radical (unpaired) electrons. The summed E-state index contributed by atoms with van der Waals surface area (Å²) in [6.07, 6.45) is 12.6. The molecule has 0 amide bonds. The molecule has 10 heavy (non-hydrogen) atoms. The highest BCUT2D eigenvalue weighted by Crippen LogP contribution is 2.49.